The van der Waals surface area contributed by atoms with Gasteiger partial charge in [-0.05, 0) is 38.1 Å². The van der Waals surface area contributed by atoms with Gasteiger partial charge in [0.2, 0.25) is 0 Å². The molecule has 98 valence electrons. The normalized spacial score (nSPS) is 10.8. The van der Waals surface area contributed by atoms with Crippen molar-refractivity contribution in [2.45, 2.75) is 19.4 Å². The molecule has 0 aliphatic carbocycles. The van der Waals surface area contributed by atoms with Crippen LogP contribution in [0.25, 0.3) is 0 Å². The molecule has 6 nitrogen and oxygen atoms in total. The summed E-state index contributed by atoms with van der Waals surface area (Å²) < 4.78 is 0. The third-order valence-electron chi connectivity index (χ3n) is 2.10. The summed E-state index contributed by atoms with van der Waals surface area (Å²) in [5.74, 6) is -0.289. The van der Waals surface area contributed by atoms with Crippen LogP contribution in [0.3, 0.4) is 0 Å². The molecule has 3 amide bonds. The Balaban J connectivity index is 2.62. The maximum absolute atomic E-state index is 11.7. The molecule has 1 rings (SSSR count). The lowest BCUT2D eigenvalue weighted by Crippen LogP contribution is -2.38. The number of rotatable bonds is 4. The van der Waals surface area contributed by atoms with Crippen LogP contribution in [0.1, 0.15) is 24.2 Å². The van der Waals surface area contributed by atoms with Crippen molar-refractivity contribution in [3.63, 3.8) is 0 Å². The summed E-state index contributed by atoms with van der Waals surface area (Å²) >= 11 is 0. The number of hydrogen-bond donors (Lipinski definition) is 4. The van der Waals surface area contributed by atoms with Crippen molar-refractivity contribution in [2.75, 3.05) is 11.9 Å². The van der Waals surface area contributed by atoms with E-state index in [1.807, 2.05) is 0 Å². The van der Waals surface area contributed by atoms with E-state index in [0.29, 0.717) is 11.3 Å². The lowest BCUT2D eigenvalue weighted by molar-refractivity contribution is 0.0694. The number of anilines is 1. The molecule has 0 radical (unpaired) electrons. The second-order valence-electron chi connectivity index (χ2n) is 4.56. The van der Waals surface area contributed by atoms with Crippen molar-refractivity contribution in [2.24, 2.45) is 5.73 Å². The Morgan fingerprint density at radius 3 is 2.28 bits per heavy atom. The summed E-state index contributed by atoms with van der Waals surface area (Å²) in [5.41, 5.74) is 4.96. The van der Waals surface area contributed by atoms with Gasteiger partial charge in [0.05, 0.1) is 5.60 Å². The van der Waals surface area contributed by atoms with Gasteiger partial charge in [-0.15, -0.1) is 0 Å². The summed E-state index contributed by atoms with van der Waals surface area (Å²) in [4.78, 5) is 22.3. The van der Waals surface area contributed by atoms with Crippen molar-refractivity contribution >= 4 is 17.6 Å². The zero-order valence-corrected chi connectivity index (χ0v) is 10.4. The van der Waals surface area contributed by atoms with E-state index in [0.717, 1.165) is 0 Å². The minimum atomic E-state index is -0.955. The molecule has 0 spiro atoms. The third-order valence-corrected chi connectivity index (χ3v) is 2.10. The highest BCUT2D eigenvalue weighted by Gasteiger charge is 2.14. The lowest BCUT2D eigenvalue weighted by Gasteiger charge is -2.17. The lowest BCUT2D eigenvalue weighted by atomic mass is 10.1. The SMILES string of the molecule is CC(C)(O)CNC(=O)c1ccc(NC(N)=O)cc1. The van der Waals surface area contributed by atoms with Crippen LogP contribution in [0.15, 0.2) is 24.3 Å². The van der Waals surface area contributed by atoms with E-state index in [1.165, 1.54) is 0 Å². The minimum absolute atomic E-state index is 0.160. The fraction of sp³-hybridized carbons (Fsp3) is 0.333. The van der Waals surface area contributed by atoms with Gasteiger partial charge in [0, 0.05) is 17.8 Å². The van der Waals surface area contributed by atoms with Gasteiger partial charge in [0.15, 0.2) is 0 Å². The molecule has 0 fully saturated rings. The van der Waals surface area contributed by atoms with Gasteiger partial charge >= 0.3 is 6.03 Å². The van der Waals surface area contributed by atoms with Crippen molar-refractivity contribution in [3.05, 3.63) is 29.8 Å². The van der Waals surface area contributed by atoms with E-state index in [2.05, 4.69) is 10.6 Å². The van der Waals surface area contributed by atoms with E-state index >= 15 is 0 Å². The van der Waals surface area contributed by atoms with E-state index in [1.54, 1.807) is 38.1 Å². The number of amides is 3. The van der Waals surface area contributed by atoms with Crippen LogP contribution >= 0.6 is 0 Å². The largest absolute Gasteiger partial charge is 0.389 e. The molecule has 6 heteroatoms. The first kappa shape index (κ1) is 14.0. The van der Waals surface area contributed by atoms with Gasteiger partial charge in [-0.2, -0.15) is 0 Å². The van der Waals surface area contributed by atoms with Gasteiger partial charge in [-0.25, -0.2) is 4.79 Å². The second-order valence-corrected chi connectivity index (χ2v) is 4.56. The number of primary amides is 1. The van der Waals surface area contributed by atoms with Crippen molar-refractivity contribution in [3.8, 4) is 0 Å². The fourth-order valence-corrected chi connectivity index (χ4v) is 1.25. The van der Waals surface area contributed by atoms with Gasteiger partial charge < -0.3 is 21.5 Å². The van der Waals surface area contributed by atoms with Crippen LogP contribution in [-0.4, -0.2) is 29.2 Å². The van der Waals surface area contributed by atoms with Crippen LogP contribution in [0.4, 0.5) is 10.5 Å². The Morgan fingerprint density at radius 2 is 1.83 bits per heavy atom. The zero-order valence-electron chi connectivity index (χ0n) is 10.4. The molecular weight excluding hydrogens is 234 g/mol. The molecule has 0 aliphatic rings. The maximum Gasteiger partial charge on any atom is 0.316 e. The Morgan fingerprint density at radius 1 is 1.28 bits per heavy atom. The van der Waals surface area contributed by atoms with Crippen LogP contribution in [0.2, 0.25) is 0 Å². The number of hydrogen-bond acceptors (Lipinski definition) is 3. The Kier molecular flexibility index (Phi) is 4.28. The molecule has 0 aromatic heterocycles. The molecule has 0 aliphatic heterocycles. The summed E-state index contributed by atoms with van der Waals surface area (Å²) in [7, 11) is 0. The summed E-state index contributed by atoms with van der Waals surface area (Å²) in [6.45, 7) is 3.37. The topological polar surface area (TPSA) is 104 Å². The van der Waals surface area contributed by atoms with Crippen LogP contribution < -0.4 is 16.4 Å². The average Bonchev–Trinajstić information content (AvgIpc) is 2.25. The van der Waals surface area contributed by atoms with E-state index in [9.17, 15) is 14.7 Å². The first-order valence-corrected chi connectivity index (χ1v) is 5.45. The number of nitrogens with two attached hydrogens (primary N) is 1. The van der Waals surface area contributed by atoms with Gasteiger partial charge in [0.25, 0.3) is 5.91 Å². The number of aliphatic hydroxyl groups is 1. The van der Waals surface area contributed by atoms with Crippen LogP contribution in [0.5, 0.6) is 0 Å². The van der Waals surface area contributed by atoms with Crippen molar-refractivity contribution in [1.29, 1.82) is 0 Å². The number of nitrogens with one attached hydrogen (secondary N) is 2. The fourth-order valence-electron chi connectivity index (χ4n) is 1.25. The van der Waals surface area contributed by atoms with Crippen LogP contribution in [-0.2, 0) is 0 Å². The minimum Gasteiger partial charge on any atom is -0.389 e. The van der Waals surface area contributed by atoms with E-state index < -0.39 is 11.6 Å². The third kappa shape index (κ3) is 4.84. The predicted octanol–water partition coefficient (Wildman–Crippen LogP) is 0.678. The number of urea groups is 1. The molecule has 1 aromatic carbocycles. The monoisotopic (exact) mass is 251 g/mol. The molecule has 0 saturated carbocycles. The molecule has 18 heavy (non-hydrogen) atoms. The maximum atomic E-state index is 11.7. The predicted molar refractivity (Wildman–Crippen MR) is 68.3 cm³/mol. The molecule has 5 N–H and O–H groups in total. The van der Waals surface area contributed by atoms with Gasteiger partial charge in [0.1, 0.15) is 0 Å². The molecule has 1 aromatic rings. The van der Waals surface area contributed by atoms with Gasteiger partial charge in [-0.1, -0.05) is 0 Å². The highest BCUT2D eigenvalue weighted by atomic mass is 16.3. The number of carbonyl (C=O) groups excluding carboxylic acids is 2. The molecule has 0 atom stereocenters. The van der Waals surface area contributed by atoms with E-state index in [-0.39, 0.29) is 12.5 Å². The molecular formula is C12H17N3O3. The Labute approximate surface area is 105 Å². The highest BCUT2D eigenvalue weighted by Crippen LogP contribution is 2.09. The smallest absolute Gasteiger partial charge is 0.316 e. The first-order chi connectivity index (χ1) is 8.28. The standard InChI is InChI=1S/C12H17N3O3/c1-12(2,18)7-14-10(16)8-3-5-9(6-4-8)15-11(13)17/h3-6,18H,7H2,1-2H3,(H,14,16)(H3,13,15,17). The quantitative estimate of drug-likeness (QED) is 0.632. The number of carbonyl (C=O) groups is 2. The first-order valence-electron chi connectivity index (χ1n) is 5.45. The summed E-state index contributed by atoms with van der Waals surface area (Å²) in [6, 6.07) is 5.61. The zero-order chi connectivity index (χ0) is 13.8. The molecule has 0 unspecified atom stereocenters. The van der Waals surface area contributed by atoms with Crippen LogP contribution in [0, 0.1) is 0 Å². The Hall–Kier alpha value is -2.08. The van der Waals surface area contributed by atoms with Crippen molar-refractivity contribution < 1.29 is 14.7 Å². The summed E-state index contributed by atoms with van der Waals surface area (Å²) in [5, 5.41) is 14.5. The highest BCUT2D eigenvalue weighted by molar-refractivity contribution is 5.95. The van der Waals surface area contributed by atoms with E-state index in [4.69, 9.17) is 5.73 Å². The summed E-state index contributed by atoms with van der Waals surface area (Å²) in [6.07, 6.45) is 0. The van der Waals surface area contributed by atoms with Gasteiger partial charge in [-0.3, -0.25) is 4.79 Å². The molecule has 0 bridgehead atoms. The average molecular weight is 251 g/mol. The molecule has 0 heterocycles. The Bertz CT molecular complexity index is 435. The number of benzene rings is 1. The molecule has 0 saturated heterocycles. The second kappa shape index (κ2) is 5.50. The van der Waals surface area contributed by atoms with Crippen molar-refractivity contribution in [1.82, 2.24) is 5.32 Å².